The molecule has 0 spiro atoms. The average molecular weight is 338 g/mol. The Labute approximate surface area is 79.1 Å². The van der Waals surface area contributed by atoms with E-state index in [2.05, 4.69) is 52.1 Å². The normalized spacial score (nSPS) is 13.9. The molecule has 0 amide bonds. The molecule has 0 rings (SSSR count). The monoisotopic (exact) mass is 338 g/mol. The second kappa shape index (κ2) is 6.58. The molecule has 0 N–H and O–H groups in total. The number of unbranched alkanes of at least 4 members (excludes halogenated alkanes) is 1. The van der Waals surface area contributed by atoms with Crippen molar-refractivity contribution in [3.63, 3.8) is 0 Å². The molecule has 0 aromatic carbocycles. The summed E-state index contributed by atoms with van der Waals surface area (Å²) in [4.78, 5) is 0. The summed E-state index contributed by atoms with van der Waals surface area (Å²) >= 11 is 4.91. The van der Waals surface area contributed by atoms with Crippen LogP contribution < -0.4 is 0 Å². The second-order valence-corrected chi connectivity index (χ2v) is 5.17. The predicted octanol–water partition coefficient (Wildman–Crippen LogP) is 3.42. The first kappa shape index (κ1) is 9.46. The van der Waals surface area contributed by atoms with Crippen LogP contribution in [-0.2, 0) is 0 Å². The van der Waals surface area contributed by atoms with Gasteiger partial charge in [0.1, 0.15) is 0 Å². The third-order valence-electron chi connectivity index (χ3n) is 0.986. The van der Waals surface area contributed by atoms with E-state index in [1.165, 1.54) is 23.7 Å². The first-order valence-electron chi connectivity index (χ1n) is 2.97. The smallest absolute Gasteiger partial charge is 0.00813 e. The van der Waals surface area contributed by atoms with E-state index in [1.54, 1.807) is 0 Å². The standard InChI is InChI=1S/C6H12I2/c1-6(8)4-2-3-5-7/h6H,2-5H2,1H3. The van der Waals surface area contributed by atoms with Gasteiger partial charge in [0.25, 0.3) is 0 Å². The first-order valence-corrected chi connectivity index (χ1v) is 5.74. The van der Waals surface area contributed by atoms with Crippen LogP contribution in [0.25, 0.3) is 0 Å². The summed E-state index contributed by atoms with van der Waals surface area (Å²) < 4.78 is 2.19. The lowest BCUT2D eigenvalue weighted by atomic mass is 10.2. The first-order chi connectivity index (χ1) is 3.77. The van der Waals surface area contributed by atoms with E-state index < -0.39 is 0 Å². The van der Waals surface area contributed by atoms with Crippen LogP contribution >= 0.6 is 45.2 Å². The molecule has 0 aliphatic rings. The summed E-state index contributed by atoms with van der Waals surface area (Å²) in [5.74, 6) is 0. The molecule has 1 atom stereocenters. The van der Waals surface area contributed by atoms with Crippen molar-refractivity contribution in [1.29, 1.82) is 0 Å². The molecule has 0 fully saturated rings. The summed E-state index contributed by atoms with van der Waals surface area (Å²) in [6.07, 6.45) is 4.20. The van der Waals surface area contributed by atoms with Crippen molar-refractivity contribution in [2.45, 2.75) is 30.1 Å². The van der Waals surface area contributed by atoms with Crippen molar-refractivity contribution in [2.24, 2.45) is 0 Å². The Morgan fingerprint density at radius 2 is 2.00 bits per heavy atom. The Balaban J connectivity index is 2.72. The van der Waals surface area contributed by atoms with Crippen LogP contribution in [0, 0.1) is 0 Å². The van der Waals surface area contributed by atoms with Crippen molar-refractivity contribution in [1.82, 2.24) is 0 Å². The van der Waals surface area contributed by atoms with Crippen LogP contribution in [0.3, 0.4) is 0 Å². The largest absolute Gasteiger partial charge is 0.0864 e. The van der Waals surface area contributed by atoms with Gasteiger partial charge < -0.3 is 0 Å². The minimum Gasteiger partial charge on any atom is -0.0864 e. The molecule has 0 heterocycles. The van der Waals surface area contributed by atoms with Gasteiger partial charge in [0.2, 0.25) is 0 Å². The topological polar surface area (TPSA) is 0 Å². The van der Waals surface area contributed by atoms with E-state index >= 15 is 0 Å². The molecular formula is C6H12I2. The van der Waals surface area contributed by atoms with E-state index in [4.69, 9.17) is 0 Å². The number of hydrogen-bond donors (Lipinski definition) is 0. The highest BCUT2D eigenvalue weighted by Gasteiger charge is 1.92. The van der Waals surface area contributed by atoms with Gasteiger partial charge in [0.05, 0.1) is 0 Å². The lowest BCUT2D eigenvalue weighted by molar-refractivity contribution is 0.736. The highest BCUT2D eigenvalue weighted by Crippen LogP contribution is 2.09. The highest BCUT2D eigenvalue weighted by atomic mass is 127. The van der Waals surface area contributed by atoms with Crippen LogP contribution in [0.1, 0.15) is 26.2 Å². The van der Waals surface area contributed by atoms with Gasteiger partial charge in [-0.2, -0.15) is 0 Å². The van der Waals surface area contributed by atoms with Crippen LogP contribution in [0.4, 0.5) is 0 Å². The molecule has 0 bridgehead atoms. The fraction of sp³-hybridized carbons (Fsp3) is 1.00. The van der Waals surface area contributed by atoms with E-state index in [0.29, 0.717) is 0 Å². The maximum Gasteiger partial charge on any atom is 0.00813 e. The second-order valence-electron chi connectivity index (χ2n) is 1.97. The Morgan fingerprint density at radius 3 is 2.38 bits per heavy atom. The van der Waals surface area contributed by atoms with Crippen molar-refractivity contribution in [3.05, 3.63) is 0 Å². The van der Waals surface area contributed by atoms with Gasteiger partial charge in [0, 0.05) is 3.92 Å². The summed E-state index contributed by atoms with van der Waals surface area (Å²) in [5.41, 5.74) is 0. The zero-order chi connectivity index (χ0) is 6.41. The van der Waals surface area contributed by atoms with Crippen molar-refractivity contribution in [3.8, 4) is 0 Å². The van der Waals surface area contributed by atoms with Crippen molar-refractivity contribution >= 4 is 45.2 Å². The molecule has 0 nitrogen and oxygen atoms in total. The van der Waals surface area contributed by atoms with E-state index in [9.17, 15) is 0 Å². The number of alkyl halides is 2. The molecule has 0 saturated carbocycles. The van der Waals surface area contributed by atoms with E-state index in [-0.39, 0.29) is 0 Å². The molecule has 1 unspecified atom stereocenters. The molecule has 0 aromatic heterocycles. The summed E-state index contributed by atoms with van der Waals surface area (Å²) in [6, 6.07) is 0. The molecule has 0 aliphatic carbocycles. The fourth-order valence-electron chi connectivity index (χ4n) is 0.520. The molecule has 0 aliphatic heterocycles. The number of hydrogen-bond acceptors (Lipinski definition) is 0. The lowest BCUT2D eigenvalue weighted by Gasteiger charge is -1.98. The van der Waals surface area contributed by atoms with Gasteiger partial charge in [-0.15, -0.1) is 0 Å². The van der Waals surface area contributed by atoms with Crippen LogP contribution in [-0.4, -0.2) is 8.35 Å². The van der Waals surface area contributed by atoms with Gasteiger partial charge in [-0.25, -0.2) is 0 Å². The average Bonchev–Trinajstić information content (AvgIpc) is 1.66. The summed E-state index contributed by atoms with van der Waals surface area (Å²) in [5, 5.41) is 0. The Hall–Kier alpha value is 1.46. The zero-order valence-corrected chi connectivity index (χ0v) is 9.48. The maximum atomic E-state index is 2.48. The molecule has 50 valence electrons. The Morgan fingerprint density at radius 1 is 1.38 bits per heavy atom. The lowest BCUT2D eigenvalue weighted by Crippen LogP contribution is -1.88. The van der Waals surface area contributed by atoms with E-state index in [0.717, 1.165) is 3.92 Å². The third kappa shape index (κ3) is 7.46. The number of rotatable bonds is 4. The summed E-state index contributed by atoms with van der Waals surface area (Å²) in [6.45, 7) is 2.27. The zero-order valence-electron chi connectivity index (χ0n) is 5.16. The molecule has 0 aromatic rings. The minimum atomic E-state index is 0.871. The fourth-order valence-corrected chi connectivity index (χ4v) is 1.50. The van der Waals surface area contributed by atoms with Crippen LogP contribution in [0.5, 0.6) is 0 Å². The van der Waals surface area contributed by atoms with Crippen LogP contribution in [0.15, 0.2) is 0 Å². The Bertz CT molecular complexity index is 43.8. The quantitative estimate of drug-likeness (QED) is 0.419. The summed E-state index contributed by atoms with van der Waals surface area (Å²) in [7, 11) is 0. The van der Waals surface area contributed by atoms with Gasteiger partial charge in [-0.3, -0.25) is 0 Å². The van der Waals surface area contributed by atoms with Gasteiger partial charge >= 0.3 is 0 Å². The van der Waals surface area contributed by atoms with Crippen molar-refractivity contribution in [2.75, 3.05) is 4.43 Å². The third-order valence-corrected chi connectivity index (χ3v) is 2.37. The van der Waals surface area contributed by atoms with Crippen LogP contribution in [0.2, 0.25) is 0 Å². The van der Waals surface area contributed by atoms with Crippen molar-refractivity contribution < 1.29 is 0 Å². The van der Waals surface area contributed by atoms with E-state index in [1.807, 2.05) is 0 Å². The molecule has 0 saturated heterocycles. The SMILES string of the molecule is CC(I)CCCCI. The van der Waals surface area contributed by atoms with Gasteiger partial charge in [0.15, 0.2) is 0 Å². The molecule has 0 radical (unpaired) electrons. The Kier molecular flexibility index (Phi) is 7.78. The maximum absolute atomic E-state index is 2.48. The molecule has 2 heteroatoms. The molecule has 8 heavy (non-hydrogen) atoms. The number of halogens is 2. The highest BCUT2D eigenvalue weighted by molar-refractivity contribution is 14.1. The predicted molar refractivity (Wildman–Crippen MR) is 56.2 cm³/mol. The van der Waals surface area contributed by atoms with Gasteiger partial charge in [-0.1, -0.05) is 58.5 Å². The van der Waals surface area contributed by atoms with Gasteiger partial charge in [-0.05, 0) is 17.3 Å². The minimum absolute atomic E-state index is 0.871. The molecular weight excluding hydrogens is 326 g/mol.